The predicted octanol–water partition coefficient (Wildman–Crippen LogP) is 1.87. The van der Waals surface area contributed by atoms with Gasteiger partial charge in [0, 0.05) is 12.8 Å². The van der Waals surface area contributed by atoms with Crippen molar-refractivity contribution < 1.29 is 4.79 Å². The maximum atomic E-state index is 11.4. The number of hydrogen-bond acceptors (Lipinski definition) is 3. The monoisotopic (exact) mass is 203 g/mol. The minimum absolute atomic E-state index is 0.278. The van der Waals surface area contributed by atoms with Crippen molar-refractivity contribution in [3.8, 4) is 0 Å². The zero-order chi connectivity index (χ0) is 10.7. The summed E-state index contributed by atoms with van der Waals surface area (Å²) < 4.78 is 0. The number of H-pyrrole nitrogens is 1. The van der Waals surface area contributed by atoms with Gasteiger partial charge in [-0.25, -0.2) is 0 Å². The van der Waals surface area contributed by atoms with Gasteiger partial charge in [-0.2, -0.15) is 15.4 Å². The largest absolute Gasteiger partial charge is 0.299 e. The summed E-state index contributed by atoms with van der Waals surface area (Å²) in [6, 6.07) is 5.72. The second kappa shape index (κ2) is 4.21. The third-order valence-corrected chi connectivity index (χ3v) is 2.31. The molecule has 2 aromatic rings. The molecule has 78 valence electrons. The van der Waals surface area contributed by atoms with E-state index in [-0.39, 0.29) is 5.78 Å². The van der Waals surface area contributed by atoms with E-state index in [4.69, 9.17) is 0 Å². The molecule has 0 spiro atoms. The van der Waals surface area contributed by atoms with Crippen molar-refractivity contribution in [2.45, 2.75) is 26.2 Å². The van der Waals surface area contributed by atoms with Crippen LogP contribution in [0.25, 0.3) is 11.0 Å². The molecule has 1 N–H and O–H groups in total. The number of Topliss-reactive ketones (excluding diaryl/α,β-unsaturated/α-hetero) is 1. The maximum absolute atomic E-state index is 11.4. The lowest BCUT2D eigenvalue weighted by atomic mass is 10.1. The molecule has 0 atom stereocenters. The van der Waals surface area contributed by atoms with Crippen LogP contribution >= 0.6 is 0 Å². The number of carbonyl (C=O) groups is 1. The van der Waals surface area contributed by atoms with E-state index in [1.807, 2.05) is 25.1 Å². The zero-order valence-electron chi connectivity index (χ0n) is 8.66. The maximum Gasteiger partial charge on any atom is 0.137 e. The van der Waals surface area contributed by atoms with Crippen LogP contribution in [0, 0.1) is 0 Å². The van der Waals surface area contributed by atoms with E-state index in [0.717, 1.165) is 23.0 Å². The molecule has 1 aromatic heterocycles. The number of benzene rings is 1. The van der Waals surface area contributed by atoms with E-state index in [9.17, 15) is 4.79 Å². The van der Waals surface area contributed by atoms with E-state index in [2.05, 4.69) is 15.4 Å². The lowest BCUT2D eigenvalue weighted by Crippen LogP contribution is -2.01. The highest BCUT2D eigenvalue weighted by Crippen LogP contribution is 2.11. The number of rotatable bonds is 4. The molecule has 1 aromatic carbocycles. The summed E-state index contributed by atoms with van der Waals surface area (Å²) in [6.45, 7) is 2.01. The van der Waals surface area contributed by atoms with Gasteiger partial charge >= 0.3 is 0 Å². The predicted molar refractivity (Wildman–Crippen MR) is 57.5 cm³/mol. The van der Waals surface area contributed by atoms with E-state index in [0.29, 0.717) is 12.8 Å². The van der Waals surface area contributed by atoms with E-state index in [1.165, 1.54) is 0 Å². The first kappa shape index (κ1) is 9.83. The molecule has 0 aliphatic heterocycles. The first-order valence-corrected chi connectivity index (χ1v) is 5.10. The number of carbonyl (C=O) groups excluding carboxylic acids is 1. The number of hydrogen-bond donors (Lipinski definition) is 1. The van der Waals surface area contributed by atoms with Gasteiger partial charge in [0.05, 0.1) is 0 Å². The lowest BCUT2D eigenvalue weighted by Gasteiger charge is -1.99. The SMILES string of the molecule is CCCC(=O)Cc1ccc2n[nH]nc2c1. The quantitative estimate of drug-likeness (QED) is 0.825. The molecule has 0 saturated carbocycles. The molecule has 0 fully saturated rings. The molecule has 0 saturated heterocycles. The summed E-state index contributed by atoms with van der Waals surface area (Å²) in [6.07, 6.45) is 2.05. The van der Waals surface area contributed by atoms with Gasteiger partial charge in [0.1, 0.15) is 16.8 Å². The first-order chi connectivity index (χ1) is 7.29. The first-order valence-electron chi connectivity index (χ1n) is 5.10. The van der Waals surface area contributed by atoms with Crippen LogP contribution in [-0.4, -0.2) is 21.2 Å². The van der Waals surface area contributed by atoms with Crippen molar-refractivity contribution in [3.63, 3.8) is 0 Å². The highest BCUT2D eigenvalue weighted by molar-refractivity contribution is 5.82. The van der Waals surface area contributed by atoms with Gasteiger partial charge < -0.3 is 0 Å². The fraction of sp³-hybridized carbons (Fsp3) is 0.364. The van der Waals surface area contributed by atoms with Crippen molar-refractivity contribution in [1.29, 1.82) is 0 Å². The molecule has 0 aliphatic rings. The number of aromatic nitrogens is 3. The molecular formula is C11H13N3O. The lowest BCUT2D eigenvalue weighted by molar-refractivity contribution is -0.118. The van der Waals surface area contributed by atoms with Crippen LogP contribution in [0.2, 0.25) is 0 Å². The van der Waals surface area contributed by atoms with Gasteiger partial charge in [-0.05, 0) is 24.1 Å². The van der Waals surface area contributed by atoms with Gasteiger partial charge in [-0.15, -0.1) is 0 Å². The van der Waals surface area contributed by atoms with Gasteiger partial charge in [0.25, 0.3) is 0 Å². The Labute approximate surface area is 87.7 Å². The van der Waals surface area contributed by atoms with Crippen LogP contribution < -0.4 is 0 Å². The normalized spacial score (nSPS) is 10.7. The number of fused-ring (bicyclic) bond motifs is 1. The second-order valence-electron chi connectivity index (χ2n) is 3.61. The van der Waals surface area contributed by atoms with Crippen molar-refractivity contribution in [3.05, 3.63) is 23.8 Å². The van der Waals surface area contributed by atoms with E-state index < -0.39 is 0 Å². The van der Waals surface area contributed by atoms with Crippen LogP contribution in [0.15, 0.2) is 18.2 Å². The number of ketones is 1. The average Bonchev–Trinajstić information content (AvgIpc) is 2.65. The average molecular weight is 203 g/mol. The fourth-order valence-corrected chi connectivity index (χ4v) is 1.59. The van der Waals surface area contributed by atoms with Crippen LogP contribution in [0.5, 0.6) is 0 Å². The summed E-state index contributed by atoms with van der Waals surface area (Å²) in [4.78, 5) is 11.4. The Kier molecular flexibility index (Phi) is 2.76. The Balaban J connectivity index is 2.17. The Hall–Kier alpha value is -1.71. The smallest absolute Gasteiger partial charge is 0.137 e. The Morgan fingerprint density at radius 3 is 2.93 bits per heavy atom. The Bertz CT molecular complexity index is 475. The summed E-state index contributed by atoms with van der Waals surface area (Å²) >= 11 is 0. The molecule has 0 unspecified atom stereocenters. The zero-order valence-corrected chi connectivity index (χ0v) is 8.66. The third kappa shape index (κ3) is 2.21. The summed E-state index contributed by atoms with van der Waals surface area (Å²) in [5.41, 5.74) is 2.66. The molecule has 0 radical (unpaired) electrons. The minimum atomic E-state index is 0.278. The van der Waals surface area contributed by atoms with Crippen molar-refractivity contribution in [2.24, 2.45) is 0 Å². The van der Waals surface area contributed by atoms with Crippen molar-refractivity contribution >= 4 is 16.8 Å². The number of nitrogens with one attached hydrogen (secondary N) is 1. The van der Waals surface area contributed by atoms with Crippen LogP contribution in [0.1, 0.15) is 25.3 Å². The second-order valence-corrected chi connectivity index (χ2v) is 3.61. The molecule has 4 heteroatoms. The number of nitrogens with zero attached hydrogens (tertiary/aromatic N) is 2. The third-order valence-electron chi connectivity index (χ3n) is 2.31. The summed E-state index contributed by atoms with van der Waals surface area (Å²) in [7, 11) is 0. The Morgan fingerprint density at radius 1 is 1.33 bits per heavy atom. The van der Waals surface area contributed by atoms with E-state index in [1.54, 1.807) is 0 Å². The molecule has 0 amide bonds. The molecular weight excluding hydrogens is 190 g/mol. The highest BCUT2D eigenvalue weighted by Gasteiger charge is 2.04. The topological polar surface area (TPSA) is 58.6 Å². The summed E-state index contributed by atoms with van der Waals surface area (Å²) in [5.74, 6) is 0.278. The van der Waals surface area contributed by atoms with E-state index >= 15 is 0 Å². The fourth-order valence-electron chi connectivity index (χ4n) is 1.59. The van der Waals surface area contributed by atoms with Crippen molar-refractivity contribution in [1.82, 2.24) is 15.4 Å². The summed E-state index contributed by atoms with van der Waals surface area (Å²) in [5, 5.41) is 10.5. The van der Waals surface area contributed by atoms with Crippen LogP contribution in [0.3, 0.4) is 0 Å². The van der Waals surface area contributed by atoms with Crippen molar-refractivity contribution in [2.75, 3.05) is 0 Å². The Morgan fingerprint density at radius 2 is 2.13 bits per heavy atom. The minimum Gasteiger partial charge on any atom is -0.299 e. The number of aromatic amines is 1. The molecule has 0 aliphatic carbocycles. The molecule has 15 heavy (non-hydrogen) atoms. The van der Waals surface area contributed by atoms with Gasteiger partial charge in [0.2, 0.25) is 0 Å². The van der Waals surface area contributed by atoms with Crippen LogP contribution in [-0.2, 0) is 11.2 Å². The van der Waals surface area contributed by atoms with Gasteiger partial charge in [-0.1, -0.05) is 13.0 Å². The molecule has 1 heterocycles. The van der Waals surface area contributed by atoms with Gasteiger partial charge in [0.15, 0.2) is 0 Å². The standard InChI is InChI=1S/C11H13N3O/c1-2-3-9(15)6-8-4-5-10-11(7-8)13-14-12-10/h4-5,7H,2-3,6H2,1H3,(H,12,13,14). The highest BCUT2D eigenvalue weighted by atomic mass is 16.1. The molecule has 0 bridgehead atoms. The van der Waals surface area contributed by atoms with Crippen LogP contribution in [0.4, 0.5) is 0 Å². The molecule has 2 rings (SSSR count). The molecule has 4 nitrogen and oxygen atoms in total. The van der Waals surface area contributed by atoms with Gasteiger partial charge in [-0.3, -0.25) is 4.79 Å².